The van der Waals surface area contributed by atoms with Gasteiger partial charge in [-0.25, -0.2) is 0 Å². The van der Waals surface area contributed by atoms with Crippen molar-refractivity contribution in [2.45, 2.75) is 25.8 Å². The number of rotatable bonds is 4. The number of likely N-dealkylation sites (N-methyl/N-ethyl adjacent to an activating group) is 1. The third-order valence-electron chi connectivity index (χ3n) is 3.35. The number of nitrogens with zero attached hydrogens (tertiary/aromatic N) is 1. The predicted octanol–water partition coefficient (Wildman–Crippen LogP) is 2.17. The van der Waals surface area contributed by atoms with Crippen molar-refractivity contribution in [3.05, 3.63) is 0 Å². The second kappa shape index (κ2) is 4.94. The van der Waals surface area contributed by atoms with Gasteiger partial charge in [-0.1, -0.05) is 22.6 Å². The lowest BCUT2D eigenvalue weighted by Gasteiger charge is -2.36. The molecule has 0 aromatic carbocycles. The molecule has 0 saturated carbocycles. The highest BCUT2D eigenvalue weighted by molar-refractivity contribution is 14.1. The molecule has 1 aliphatic heterocycles. The minimum atomic E-state index is 0.275. The summed E-state index contributed by atoms with van der Waals surface area (Å²) in [5.41, 5.74) is 0.275. The molecule has 13 heavy (non-hydrogen) atoms. The molecule has 0 amide bonds. The van der Waals surface area contributed by atoms with E-state index in [2.05, 4.69) is 48.4 Å². The fraction of sp³-hybridized carbons (Fsp3) is 1.00. The first-order chi connectivity index (χ1) is 6.15. The van der Waals surface area contributed by atoms with Crippen LogP contribution in [0.5, 0.6) is 0 Å². The molecular formula is C10H20INO. The predicted molar refractivity (Wildman–Crippen MR) is 64.5 cm³/mol. The number of halogens is 1. The molecule has 0 N–H and O–H groups in total. The third kappa shape index (κ3) is 2.36. The molecule has 0 radical (unpaired) electrons. The van der Waals surface area contributed by atoms with E-state index >= 15 is 0 Å². The maximum absolute atomic E-state index is 5.58. The number of ether oxygens (including phenoxy) is 1. The van der Waals surface area contributed by atoms with Gasteiger partial charge in [0, 0.05) is 16.6 Å². The summed E-state index contributed by atoms with van der Waals surface area (Å²) in [6.45, 7) is 7.33. The summed E-state index contributed by atoms with van der Waals surface area (Å²) in [5.74, 6) is 0.796. The number of alkyl halides is 1. The van der Waals surface area contributed by atoms with Crippen molar-refractivity contribution in [2.75, 3.05) is 31.2 Å². The number of hydrogen-bond donors (Lipinski definition) is 0. The highest BCUT2D eigenvalue weighted by Crippen LogP contribution is 2.35. The highest BCUT2D eigenvalue weighted by atomic mass is 127. The topological polar surface area (TPSA) is 12.5 Å². The smallest absolute Gasteiger partial charge is 0.0650 e. The van der Waals surface area contributed by atoms with Crippen molar-refractivity contribution in [1.82, 2.24) is 4.90 Å². The van der Waals surface area contributed by atoms with Gasteiger partial charge in [0.2, 0.25) is 0 Å². The Morgan fingerprint density at radius 1 is 1.62 bits per heavy atom. The van der Waals surface area contributed by atoms with Gasteiger partial charge >= 0.3 is 0 Å². The van der Waals surface area contributed by atoms with Crippen molar-refractivity contribution >= 4 is 22.6 Å². The molecule has 0 spiro atoms. The molecule has 1 aliphatic rings. The van der Waals surface area contributed by atoms with Crippen molar-refractivity contribution < 1.29 is 4.74 Å². The van der Waals surface area contributed by atoms with Crippen LogP contribution in [0.2, 0.25) is 0 Å². The van der Waals surface area contributed by atoms with E-state index in [1.54, 1.807) is 0 Å². The van der Waals surface area contributed by atoms with E-state index in [0.717, 1.165) is 19.1 Å². The second-order valence-corrected chi connectivity index (χ2v) is 4.94. The van der Waals surface area contributed by atoms with E-state index in [-0.39, 0.29) is 5.54 Å². The van der Waals surface area contributed by atoms with Gasteiger partial charge in [-0.05, 0) is 39.8 Å². The van der Waals surface area contributed by atoms with Crippen LogP contribution >= 0.6 is 22.6 Å². The van der Waals surface area contributed by atoms with Crippen LogP contribution in [0.25, 0.3) is 0 Å². The Hall–Kier alpha value is 0.650. The van der Waals surface area contributed by atoms with Gasteiger partial charge in [-0.15, -0.1) is 0 Å². The monoisotopic (exact) mass is 297 g/mol. The zero-order valence-electron chi connectivity index (χ0n) is 8.85. The summed E-state index contributed by atoms with van der Waals surface area (Å²) < 4.78 is 6.82. The molecule has 0 unspecified atom stereocenters. The first-order valence-electron chi connectivity index (χ1n) is 5.00. The van der Waals surface area contributed by atoms with E-state index in [4.69, 9.17) is 4.74 Å². The lowest BCUT2D eigenvalue weighted by atomic mass is 9.89. The largest absolute Gasteiger partial charge is 0.380 e. The minimum absolute atomic E-state index is 0.275. The molecule has 1 rings (SSSR count). The first kappa shape index (κ1) is 11.7. The van der Waals surface area contributed by atoms with Crippen molar-refractivity contribution in [3.8, 4) is 0 Å². The zero-order valence-corrected chi connectivity index (χ0v) is 11.0. The Morgan fingerprint density at radius 2 is 2.31 bits per heavy atom. The maximum atomic E-state index is 5.58. The average Bonchev–Trinajstić information content (AvgIpc) is 2.41. The lowest BCUT2D eigenvalue weighted by molar-refractivity contribution is 0.0246. The lowest BCUT2D eigenvalue weighted by Crippen LogP contribution is -2.47. The van der Waals surface area contributed by atoms with Crippen LogP contribution in [0.3, 0.4) is 0 Å². The van der Waals surface area contributed by atoms with E-state index in [1.807, 2.05) is 0 Å². The quantitative estimate of drug-likeness (QED) is 0.582. The Labute approximate surface area is 95.2 Å². The van der Waals surface area contributed by atoms with Gasteiger partial charge in [0.25, 0.3) is 0 Å². The second-order valence-electron chi connectivity index (χ2n) is 4.06. The molecule has 2 nitrogen and oxygen atoms in total. The normalized spacial score (nSPS) is 35.5. The third-order valence-corrected chi connectivity index (χ3v) is 4.41. The summed E-state index contributed by atoms with van der Waals surface area (Å²) in [6, 6.07) is 0. The maximum Gasteiger partial charge on any atom is 0.0650 e. The average molecular weight is 297 g/mol. The Morgan fingerprint density at radius 3 is 2.85 bits per heavy atom. The summed E-state index contributed by atoms with van der Waals surface area (Å²) in [7, 11) is 2.21. The summed E-state index contributed by atoms with van der Waals surface area (Å²) in [5, 5.41) is 0. The molecule has 1 saturated heterocycles. The Bertz CT molecular complexity index is 165. The van der Waals surface area contributed by atoms with Crippen LogP contribution in [0.1, 0.15) is 20.3 Å². The summed E-state index contributed by atoms with van der Waals surface area (Å²) in [6.07, 6.45) is 1.32. The van der Waals surface area contributed by atoms with Gasteiger partial charge < -0.3 is 4.74 Å². The molecule has 3 heteroatoms. The fourth-order valence-corrected chi connectivity index (χ4v) is 3.40. The van der Waals surface area contributed by atoms with Crippen LogP contribution in [-0.2, 0) is 4.74 Å². The van der Waals surface area contributed by atoms with Crippen molar-refractivity contribution in [3.63, 3.8) is 0 Å². The van der Waals surface area contributed by atoms with Gasteiger partial charge in [0.05, 0.1) is 6.61 Å². The number of hydrogen-bond acceptors (Lipinski definition) is 2. The van der Waals surface area contributed by atoms with Crippen molar-refractivity contribution in [1.29, 1.82) is 0 Å². The van der Waals surface area contributed by atoms with Crippen LogP contribution in [0, 0.1) is 5.92 Å². The molecule has 0 bridgehead atoms. The van der Waals surface area contributed by atoms with Gasteiger partial charge in [-0.2, -0.15) is 0 Å². The van der Waals surface area contributed by atoms with Gasteiger partial charge in [-0.3, -0.25) is 4.90 Å². The standard InChI is InChI=1S/C10H20INO/c1-4-13-8-10(2)9(7-11)5-6-12(10)3/h9H,4-8H2,1-3H3/t9-,10-/m1/s1. The minimum Gasteiger partial charge on any atom is -0.380 e. The van der Waals surface area contributed by atoms with E-state index in [9.17, 15) is 0 Å². The van der Waals surface area contributed by atoms with Crippen LogP contribution in [0.4, 0.5) is 0 Å². The molecule has 0 aromatic heterocycles. The molecule has 0 aliphatic carbocycles. The summed E-state index contributed by atoms with van der Waals surface area (Å²) >= 11 is 2.49. The highest BCUT2D eigenvalue weighted by Gasteiger charge is 2.42. The van der Waals surface area contributed by atoms with Crippen LogP contribution in [-0.4, -0.2) is 41.7 Å². The Balaban J connectivity index is 2.59. The molecular weight excluding hydrogens is 277 g/mol. The first-order valence-corrected chi connectivity index (χ1v) is 6.52. The van der Waals surface area contributed by atoms with E-state index < -0.39 is 0 Å². The van der Waals surface area contributed by atoms with E-state index in [0.29, 0.717) is 0 Å². The Kier molecular flexibility index (Phi) is 4.45. The molecule has 78 valence electrons. The van der Waals surface area contributed by atoms with Gasteiger partial charge in [0.15, 0.2) is 0 Å². The molecule has 1 fully saturated rings. The zero-order chi connectivity index (χ0) is 9.90. The van der Waals surface area contributed by atoms with Crippen molar-refractivity contribution in [2.24, 2.45) is 5.92 Å². The SMILES string of the molecule is CCOC[C@]1(C)[C@@H](CI)CCN1C. The van der Waals surface area contributed by atoms with Crippen LogP contribution < -0.4 is 0 Å². The number of likely N-dealkylation sites (tertiary alicyclic amines) is 1. The van der Waals surface area contributed by atoms with Gasteiger partial charge in [0.1, 0.15) is 0 Å². The fourth-order valence-electron chi connectivity index (χ4n) is 2.01. The molecule has 2 atom stereocenters. The molecule has 1 heterocycles. The summed E-state index contributed by atoms with van der Waals surface area (Å²) in [4.78, 5) is 2.45. The molecule has 0 aromatic rings. The van der Waals surface area contributed by atoms with Crippen LogP contribution in [0.15, 0.2) is 0 Å². The van der Waals surface area contributed by atoms with E-state index in [1.165, 1.54) is 17.4 Å².